The summed E-state index contributed by atoms with van der Waals surface area (Å²) in [6.07, 6.45) is 5.56. The van der Waals surface area contributed by atoms with Gasteiger partial charge in [0.05, 0.1) is 0 Å². The van der Waals surface area contributed by atoms with Crippen LogP contribution in [0, 0.1) is 24.7 Å². The summed E-state index contributed by atoms with van der Waals surface area (Å²) in [5.41, 5.74) is 8.99. The van der Waals surface area contributed by atoms with E-state index in [0.29, 0.717) is 0 Å². The lowest BCUT2D eigenvalue weighted by Crippen LogP contribution is -2.19. The van der Waals surface area contributed by atoms with Crippen LogP contribution in [0.2, 0.25) is 0 Å². The van der Waals surface area contributed by atoms with E-state index in [9.17, 15) is 0 Å². The molecule has 2 aliphatic carbocycles. The lowest BCUT2D eigenvalue weighted by Gasteiger charge is -2.21. The molecule has 1 aromatic heterocycles. The first kappa shape index (κ1) is 12.8. The molecule has 0 spiro atoms. The molecule has 4 rings (SSSR count). The van der Waals surface area contributed by atoms with Gasteiger partial charge in [-0.05, 0) is 66.0 Å². The maximum atomic E-state index is 6.14. The summed E-state index contributed by atoms with van der Waals surface area (Å²) in [6.45, 7) is 2.99. The molecule has 2 bridgehead atoms. The minimum atomic E-state index is 0.733. The summed E-state index contributed by atoms with van der Waals surface area (Å²) in [7, 11) is 0. The van der Waals surface area contributed by atoms with Crippen LogP contribution in [0.5, 0.6) is 0 Å². The number of anilines is 1. The third-order valence-electron chi connectivity index (χ3n) is 5.35. The van der Waals surface area contributed by atoms with Crippen LogP contribution in [0.4, 0.5) is 5.69 Å². The zero-order valence-corrected chi connectivity index (χ0v) is 12.4. The minimum Gasteiger partial charge on any atom is -0.398 e. The second kappa shape index (κ2) is 4.83. The maximum Gasteiger partial charge on any atom is 0.184 e. The highest BCUT2D eigenvalue weighted by Crippen LogP contribution is 2.49. The predicted octanol–water partition coefficient (Wildman–Crippen LogP) is 2.67. The molecule has 5 nitrogen and oxygen atoms in total. The van der Waals surface area contributed by atoms with Gasteiger partial charge in [-0.3, -0.25) is 0 Å². The first-order valence-corrected chi connectivity index (χ1v) is 7.84. The molecule has 0 aliphatic heterocycles. The van der Waals surface area contributed by atoms with E-state index in [1.54, 1.807) is 0 Å². The third kappa shape index (κ3) is 2.11. The normalized spacial score (nSPS) is 27.4. The quantitative estimate of drug-likeness (QED) is 0.879. The second-order valence-corrected chi connectivity index (χ2v) is 6.66. The standard InChI is InChI=1S/C16H21N5/c1-10-3-2-4-14(17)15(10)16-18-19-20-21(16)9-13-8-11-5-6-12(13)7-11/h2-4,11-13H,5-9,17H2,1H3. The van der Waals surface area contributed by atoms with Gasteiger partial charge in [0.2, 0.25) is 0 Å². The number of hydrogen-bond acceptors (Lipinski definition) is 4. The molecule has 2 N–H and O–H groups in total. The van der Waals surface area contributed by atoms with Crippen LogP contribution >= 0.6 is 0 Å². The van der Waals surface area contributed by atoms with Crippen molar-refractivity contribution in [1.29, 1.82) is 0 Å². The molecular weight excluding hydrogens is 262 g/mol. The van der Waals surface area contributed by atoms with Gasteiger partial charge in [0.25, 0.3) is 0 Å². The van der Waals surface area contributed by atoms with E-state index in [1.807, 2.05) is 16.8 Å². The SMILES string of the molecule is Cc1cccc(N)c1-c1nnnn1CC1CC2CCC1C2. The van der Waals surface area contributed by atoms with Gasteiger partial charge in [0.15, 0.2) is 5.82 Å². The maximum absolute atomic E-state index is 6.14. The molecule has 110 valence electrons. The Balaban J connectivity index is 1.65. The molecule has 2 aromatic rings. The van der Waals surface area contributed by atoms with Crippen LogP contribution in [0.1, 0.15) is 31.2 Å². The van der Waals surface area contributed by atoms with Crippen molar-refractivity contribution >= 4 is 5.69 Å². The van der Waals surface area contributed by atoms with Crippen LogP contribution in [0.25, 0.3) is 11.4 Å². The van der Waals surface area contributed by atoms with E-state index in [4.69, 9.17) is 5.73 Å². The Labute approximate surface area is 124 Å². The average Bonchev–Trinajstić information content (AvgIpc) is 3.16. The Morgan fingerprint density at radius 1 is 1.29 bits per heavy atom. The van der Waals surface area contributed by atoms with Gasteiger partial charge >= 0.3 is 0 Å². The summed E-state index contributed by atoms with van der Waals surface area (Å²) in [4.78, 5) is 0. The number of fused-ring (bicyclic) bond motifs is 2. The molecule has 3 unspecified atom stereocenters. The van der Waals surface area contributed by atoms with Gasteiger partial charge in [-0.25, -0.2) is 4.68 Å². The first-order valence-electron chi connectivity index (χ1n) is 7.84. The van der Waals surface area contributed by atoms with Crippen molar-refractivity contribution in [3.05, 3.63) is 23.8 Å². The number of nitrogens with two attached hydrogens (primary N) is 1. The molecule has 21 heavy (non-hydrogen) atoms. The molecule has 0 radical (unpaired) electrons. The smallest absolute Gasteiger partial charge is 0.184 e. The summed E-state index contributed by atoms with van der Waals surface area (Å²) < 4.78 is 1.96. The minimum absolute atomic E-state index is 0.733. The Morgan fingerprint density at radius 2 is 2.19 bits per heavy atom. The van der Waals surface area contributed by atoms with Gasteiger partial charge in [-0.15, -0.1) is 5.10 Å². The van der Waals surface area contributed by atoms with Crippen LogP contribution in [-0.2, 0) is 6.54 Å². The van der Waals surface area contributed by atoms with Crippen molar-refractivity contribution in [3.63, 3.8) is 0 Å². The highest BCUT2D eigenvalue weighted by atomic mass is 15.5. The van der Waals surface area contributed by atoms with Gasteiger partial charge in [-0.2, -0.15) is 0 Å². The van der Waals surface area contributed by atoms with E-state index < -0.39 is 0 Å². The zero-order chi connectivity index (χ0) is 14.4. The molecule has 3 atom stereocenters. The number of nitrogen functional groups attached to an aromatic ring is 1. The molecule has 2 fully saturated rings. The molecule has 0 saturated heterocycles. The highest BCUT2D eigenvalue weighted by molar-refractivity contribution is 5.74. The van der Waals surface area contributed by atoms with Crippen molar-refractivity contribution in [2.24, 2.45) is 17.8 Å². The van der Waals surface area contributed by atoms with Crippen LogP contribution in [-0.4, -0.2) is 20.2 Å². The Hall–Kier alpha value is -1.91. The van der Waals surface area contributed by atoms with E-state index in [0.717, 1.165) is 46.9 Å². The molecule has 2 saturated carbocycles. The number of benzene rings is 1. The fraction of sp³-hybridized carbons (Fsp3) is 0.562. The molecular formula is C16H21N5. The lowest BCUT2D eigenvalue weighted by molar-refractivity contribution is 0.284. The predicted molar refractivity (Wildman–Crippen MR) is 81.3 cm³/mol. The highest BCUT2D eigenvalue weighted by Gasteiger charge is 2.39. The fourth-order valence-electron chi connectivity index (χ4n) is 4.32. The van der Waals surface area contributed by atoms with Crippen LogP contribution in [0.15, 0.2) is 18.2 Å². The number of nitrogens with zero attached hydrogens (tertiary/aromatic N) is 4. The van der Waals surface area contributed by atoms with Crippen LogP contribution < -0.4 is 5.73 Å². The topological polar surface area (TPSA) is 69.6 Å². The summed E-state index contributed by atoms with van der Waals surface area (Å²) in [5.74, 6) is 3.37. The summed E-state index contributed by atoms with van der Waals surface area (Å²) in [6, 6.07) is 5.94. The molecule has 2 aliphatic rings. The van der Waals surface area contributed by atoms with Crippen LogP contribution in [0.3, 0.4) is 0 Å². The molecule has 1 heterocycles. The van der Waals surface area contributed by atoms with Crippen molar-refractivity contribution in [3.8, 4) is 11.4 Å². The molecule has 0 amide bonds. The van der Waals surface area contributed by atoms with Gasteiger partial charge < -0.3 is 5.73 Å². The van der Waals surface area contributed by atoms with E-state index >= 15 is 0 Å². The van der Waals surface area contributed by atoms with E-state index in [-0.39, 0.29) is 0 Å². The lowest BCUT2D eigenvalue weighted by atomic mass is 9.89. The van der Waals surface area contributed by atoms with Crippen molar-refractivity contribution in [2.75, 3.05) is 5.73 Å². The van der Waals surface area contributed by atoms with Gasteiger partial charge in [-0.1, -0.05) is 18.6 Å². The number of aryl methyl sites for hydroxylation is 1. The van der Waals surface area contributed by atoms with Crippen molar-refractivity contribution in [1.82, 2.24) is 20.2 Å². The average molecular weight is 283 g/mol. The summed E-state index contributed by atoms with van der Waals surface area (Å²) >= 11 is 0. The number of aromatic nitrogens is 4. The third-order valence-corrected chi connectivity index (χ3v) is 5.35. The number of rotatable bonds is 3. The molecule has 5 heteroatoms. The van der Waals surface area contributed by atoms with Crippen molar-refractivity contribution < 1.29 is 0 Å². The Bertz CT molecular complexity index is 642. The number of tetrazole rings is 1. The largest absolute Gasteiger partial charge is 0.398 e. The zero-order valence-electron chi connectivity index (χ0n) is 12.4. The van der Waals surface area contributed by atoms with E-state index in [2.05, 4.69) is 28.5 Å². The molecule has 1 aromatic carbocycles. The Kier molecular flexibility index (Phi) is 2.94. The fourth-order valence-corrected chi connectivity index (χ4v) is 4.32. The first-order chi connectivity index (χ1) is 10.2. The van der Waals surface area contributed by atoms with Gasteiger partial charge in [0, 0.05) is 17.8 Å². The van der Waals surface area contributed by atoms with Crippen molar-refractivity contribution in [2.45, 2.75) is 39.2 Å². The Morgan fingerprint density at radius 3 is 2.90 bits per heavy atom. The van der Waals surface area contributed by atoms with E-state index in [1.165, 1.54) is 25.7 Å². The monoisotopic (exact) mass is 283 g/mol. The number of hydrogen-bond donors (Lipinski definition) is 1. The summed E-state index contributed by atoms with van der Waals surface area (Å²) in [5, 5.41) is 12.3. The second-order valence-electron chi connectivity index (χ2n) is 6.66. The van der Waals surface area contributed by atoms with Gasteiger partial charge in [0.1, 0.15) is 0 Å².